The van der Waals surface area contributed by atoms with Gasteiger partial charge in [0.05, 0.1) is 6.42 Å². The number of carbonyl (C=O) groups is 1. The molecule has 3 rings (SSSR count). The molecule has 0 amide bonds. The Morgan fingerprint density at radius 2 is 1.83 bits per heavy atom. The van der Waals surface area contributed by atoms with E-state index < -0.39 is 5.97 Å². The highest BCUT2D eigenvalue weighted by Gasteiger charge is 2.40. The smallest absolute Gasteiger partial charge is 0.304 e. The Labute approximate surface area is 188 Å². The Balaban J connectivity index is 0.00000210. The van der Waals surface area contributed by atoms with Crippen LogP contribution in [0.5, 0.6) is 0 Å². The van der Waals surface area contributed by atoms with Gasteiger partial charge >= 0.3 is 5.97 Å². The summed E-state index contributed by atoms with van der Waals surface area (Å²) in [6.45, 7) is 2.93. The van der Waals surface area contributed by atoms with Gasteiger partial charge in [0, 0.05) is 24.7 Å². The number of rotatable bonds is 9. The van der Waals surface area contributed by atoms with Crippen LogP contribution in [0, 0.1) is 5.92 Å². The second-order valence-electron chi connectivity index (χ2n) is 8.23. The summed E-state index contributed by atoms with van der Waals surface area (Å²) in [4.78, 5) is 13.0. The SMILES string of the molecule is CC/C(=C\c1ccccc1)C1CC1N[C@H]1CC[C@H](N(C)CCC(=O)O)CC1.Cl.Cl. The van der Waals surface area contributed by atoms with E-state index in [1.165, 1.54) is 37.7 Å². The number of benzene rings is 1. The van der Waals surface area contributed by atoms with Crippen LogP contribution in [0.2, 0.25) is 0 Å². The lowest BCUT2D eigenvalue weighted by Crippen LogP contribution is -2.42. The van der Waals surface area contributed by atoms with Gasteiger partial charge in [-0.3, -0.25) is 4.79 Å². The Kier molecular flexibility index (Phi) is 11.3. The van der Waals surface area contributed by atoms with Crippen molar-refractivity contribution in [3.05, 3.63) is 41.5 Å². The summed E-state index contributed by atoms with van der Waals surface area (Å²) < 4.78 is 0. The molecular formula is C23H36Cl2N2O2. The van der Waals surface area contributed by atoms with Crippen molar-refractivity contribution in [2.45, 2.75) is 70.0 Å². The number of aliphatic carboxylic acids is 1. The molecule has 0 saturated heterocycles. The van der Waals surface area contributed by atoms with Crippen LogP contribution in [-0.4, -0.2) is 47.7 Å². The highest BCUT2D eigenvalue weighted by atomic mass is 35.5. The average molecular weight is 443 g/mol. The van der Waals surface area contributed by atoms with E-state index >= 15 is 0 Å². The fourth-order valence-electron chi connectivity index (χ4n) is 4.46. The molecule has 164 valence electrons. The number of carboxylic acids is 1. The van der Waals surface area contributed by atoms with E-state index in [0.29, 0.717) is 30.6 Å². The molecule has 2 atom stereocenters. The lowest BCUT2D eigenvalue weighted by molar-refractivity contribution is -0.137. The van der Waals surface area contributed by atoms with Crippen molar-refractivity contribution >= 4 is 36.9 Å². The van der Waals surface area contributed by atoms with Gasteiger partial charge in [0.15, 0.2) is 0 Å². The molecule has 1 aromatic carbocycles. The number of nitrogens with one attached hydrogen (secondary N) is 1. The van der Waals surface area contributed by atoms with Gasteiger partial charge in [-0.1, -0.05) is 48.9 Å². The average Bonchev–Trinajstić information content (AvgIpc) is 3.44. The lowest BCUT2D eigenvalue weighted by atomic mass is 9.90. The number of nitrogens with zero attached hydrogens (tertiary/aromatic N) is 1. The third-order valence-corrected chi connectivity index (χ3v) is 6.27. The van der Waals surface area contributed by atoms with E-state index in [4.69, 9.17) is 5.11 Å². The standard InChI is InChI=1S/C23H34N2O2.2ClH/c1-3-18(15-17-7-5-4-6-8-17)21-16-22(21)24-19-9-11-20(12-10-19)25(2)14-13-23(26)27;;/h4-8,15,19-22,24H,3,9-14,16H2,1-2H3,(H,26,27);2*1H/b18-15+;;/t19-,20-,21?,22?;;. The van der Waals surface area contributed by atoms with Crippen LogP contribution in [0.25, 0.3) is 6.08 Å². The lowest BCUT2D eigenvalue weighted by Gasteiger charge is -2.35. The van der Waals surface area contributed by atoms with Crippen LogP contribution in [0.15, 0.2) is 35.9 Å². The molecule has 2 fully saturated rings. The van der Waals surface area contributed by atoms with E-state index in [1.54, 1.807) is 5.57 Å². The van der Waals surface area contributed by atoms with Crippen molar-refractivity contribution < 1.29 is 9.90 Å². The normalized spacial score (nSPS) is 26.4. The second kappa shape index (κ2) is 12.6. The van der Waals surface area contributed by atoms with E-state index in [0.717, 1.165) is 6.42 Å². The maximum Gasteiger partial charge on any atom is 0.304 e. The molecule has 0 aliphatic heterocycles. The molecule has 2 saturated carbocycles. The van der Waals surface area contributed by atoms with Crippen molar-refractivity contribution in [1.82, 2.24) is 10.2 Å². The maximum atomic E-state index is 10.8. The van der Waals surface area contributed by atoms with Crippen molar-refractivity contribution in [3.8, 4) is 0 Å². The number of hydrogen-bond donors (Lipinski definition) is 2. The minimum absolute atomic E-state index is 0. The van der Waals surface area contributed by atoms with Gasteiger partial charge in [-0.05, 0) is 57.1 Å². The molecule has 0 spiro atoms. The summed E-state index contributed by atoms with van der Waals surface area (Å²) >= 11 is 0. The topological polar surface area (TPSA) is 52.6 Å². The first kappa shape index (κ1) is 26.0. The summed E-state index contributed by atoms with van der Waals surface area (Å²) in [5.41, 5.74) is 2.88. The van der Waals surface area contributed by atoms with Crippen molar-refractivity contribution in [1.29, 1.82) is 0 Å². The highest BCUT2D eigenvalue weighted by molar-refractivity contribution is 5.85. The van der Waals surface area contributed by atoms with Crippen LogP contribution in [-0.2, 0) is 4.79 Å². The first-order valence-corrected chi connectivity index (χ1v) is 10.5. The Hall–Kier alpha value is -1.07. The molecule has 2 aliphatic carbocycles. The van der Waals surface area contributed by atoms with E-state index in [9.17, 15) is 4.79 Å². The van der Waals surface area contributed by atoms with Crippen molar-refractivity contribution in [3.63, 3.8) is 0 Å². The van der Waals surface area contributed by atoms with Gasteiger partial charge < -0.3 is 15.3 Å². The molecule has 4 nitrogen and oxygen atoms in total. The molecule has 2 unspecified atom stereocenters. The summed E-state index contributed by atoms with van der Waals surface area (Å²) in [5, 5.41) is 12.8. The number of halogens is 2. The Morgan fingerprint density at radius 3 is 2.41 bits per heavy atom. The van der Waals surface area contributed by atoms with Crippen LogP contribution < -0.4 is 5.32 Å². The molecular weight excluding hydrogens is 407 g/mol. The Morgan fingerprint density at radius 1 is 1.17 bits per heavy atom. The fourth-order valence-corrected chi connectivity index (χ4v) is 4.46. The zero-order valence-corrected chi connectivity index (χ0v) is 19.2. The van der Waals surface area contributed by atoms with Crippen molar-refractivity contribution in [2.24, 2.45) is 5.92 Å². The predicted octanol–water partition coefficient (Wildman–Crippen LogP) is 5.02. The maximum absolute atomic E-state index is 10.8. The summed E-state index contributed by atoms with van der Waals surface area (Å²) in [5.74, 6) is -0.00145. The highest BCUT2D eigenvalue weighted by Crippen LogP contribution is 2.40. The van der Waals surface area contributed by atoms with Crippen molar-refractivity contribution in [2.75, 3.05) is 13.6 Å². The molecule has 2 aliphatic rings. The fraction of sp³-hybridized carbons (Fsp3) is 0.609. The van der Waals surface area contributed by atoms with Gasteiger partial charge in [-0.2, -0.15) is 0 Å². The first-order chi connectivity index (χ1) is 13.1. The first-order valence-electron chi connectivity index (χ1n) is 10.5. The molecule has 0 radical (unpaired) electrons. The molecule has 29 heavy (non-hydrogen) atoms. The zero-order chi connectivity index (χ0) is 19.2. The van der Waals surface area contributed by atoms with Crippen LogP contribution in [0.4, 0.5) is 0 Å². The molecule has 0 bridgehead atoms. The predicted molar refractivity (Wildman–Crippen MR) is 125 cm³/mol. The monoisotopic (exact) mass is 442 g/mol. The van der Waals surface area contributed by atoms with Gasteiger partial charge in [0.2, 0.25) is 0 Å². The van der Waals surface area contributed by atoms with Crippen LogP contribution in [0.3, 0.4) is 0 Å². The molecule has 1 aromatic rings. The number of hydrogen-bond acceptors (Lipinski definition) is 3. The third kappa shape index (κ3) is 7.93. The van der Waals surface area contributed by atoms with Crippen LogP contribution >= 0.6 is 24.8 Å². The third-order valence-electron chi connectivity index (χ3n) is 6.27. The minimum Gasteiger partial charge on any atom is -0.481 e. The summed E-state index contributed by atoms with van der Waals surface area (Å²) in [6, 6.07) is 12.5. The van der Waals surface area contributed by atoms with Gasteiger partial charge in [-0.15, -0.1) is 24.8 Å². The van der Waals surface area contributed by atoms with Crippen LogP contribution in [0.1, 0.15) is 57.4 Å². The van der Waals surface area contributed by atoms with Gasteiger partial charge in [0.1, 0.15) is 0 Å². The molecule has 6 heteroatoms. The van der Waals surface area contributed by atoms with Gasteiger partial charge in [0.25, 0.3) is 0 Å². The quantitative estimate of drug-likeness (QED) is 0.563. The van der Waals surface area contributed by atoms with E-state index in [-0.39, 0.29) is 31.2 Å². The largest absolute Gasteiger partial charge is 0.481 e. The second-order valence-corrected chi connectivity index (χ2v) is 8.23. The zero-order valence-electron chi connectivity index (χ0n) is 17.5. The summed E-state index contributed by atoms with van der Waals surface area (Å²) in [6.07, 6.45) is 9.76. The molecule has 0 aromatic heterocycles. The number of carboxylic acid groups (broad SMARTS) is 1. The van der Waals surface area contributed by atoms with Gasteiger partial charge in [-0.25, -0.2) is 0 Å². The molecule has 2 N–H and O–H groups in total. The minimum atomic E-state index is -0.702. The van der Waals surface area contributed by atoms with E-state index in [2.05, 4.69) is 60.6 Å². The summed E-state index contributed by atoms with van der Waals surface area (Å²) in [7, 11) is 2.07. The van der Waals surface area contributed by atoms with E-state index in [1.807, 2.05) is 0 Å². The Bertz CT molecular complexity index is 646. The molecule has 0 heterocycles.